The molecule has 0 saturated carbocycles. The number of nitrogens with one attached hydrogen (secondary N) is 2. The highest BCUT2D eigenvalue weighted by Crippen LogP contribution is 2.27. The van der Waals surface area contributed by atoms with Crippen LogP contribution in [0, 0.1) is 6.92 Å². The number of piperidine rings is 1. The summed E-state index contributed by atoms with van der Waals surface area (Å²) in [6.45, 7) is 2.62. The van der Waals surface area contributed by atoms with Crippen LogP contribution in [-0.4, -0.2) is 56.7 Å². The van der Waals surface area contributed by atoms with Crippen LogP contribution in [0.4, 0.5) is 4.79 Å². The standard InChI is InChI=1S/C26H28N4O6/c1-17-14-19(21-4-2-3-5-22(21)27-17)16-36-20-8-6-18(7-9-20)24(32)28-26(15-23(31)29-35)10-12-30(13-11-26)25(33)34/h2-9,14,35H,10-13,15-16H2,1H3,(H,28,32)(H,29,31)(H,33,34). The highest BCUT2D eigenvalue weighted by Gasteiger charge is 2.39. The fourth-order valence-corrected chi connectivity index (χ4v) is 4.51. The van der Waals surface area contributed by atoms with Gasteiger partial charge in [-0.2, -0.15) is 0 Å². The van der Waals surface area contributed by atoms with Gasteiger partial charge in [-0.05, 0) is 56.2 Å². The molecule has 1 fully saturated rings. The van der Waals surface area contributed by atoms with Crippen molar-refractivity contribution in [2.45, 2.75) is 38.3 Å². The maximum Gasteiger partial charge on any atom is 0.407 e. The van der Waals surface area contributed by atoms with Crippen molar-refractivity contribution in [1.29, 1.82) is 0 Å². The van der Waals surface area contributed by atoms with Crippen LogP contribution in [0.1, 0.15) is 40.9 Å². The topological polar surface area (TPSA) is 141 Å². The third kappa shape index (κ3) is 5.72. The minimum absolute atomic E-state index is 0.163. The minimum Gasteiger partial charge on any atom is -0.489 e. The lowest BCUT2D eigenvalue weighted by molar-refractivity contribution is -0.131. The van der Waals surface area contributed by atoms with Crippen molar-refractivity contribution >= 4 is 28.8 Å². The number of ether oxygens (including phenoxy) is 1. The first-order chi connectivity index (χ1) is 17.3. The average Bonchev–Trinajstić information content (AvgIpc) is 2.87. The van der Waals surface area contributed by atoms with Crippen LogP contribution in [0.25, 0.3) is 10.9 Å². The summed E-state index contributed by atoms with van der Waals surface area (Å²) in [5, 5.41) is 22.1. The number of hydrogen-bond donors (Lipinski definition) is 4. The molecule has 3 aromatic rings. The van der Waals surface area contributed by atoms with Crippen LogP contribution in [0.5, 0.6) is 5.75 Å². The zero-order valence-electron chi connectivity index (χ0n) is 19.9. The molecule has 2 aromatic carbocycles. The summed E-state index contributed by atoms with van der Waals surface area (Å²) in [6, 6.07) is 16.5. The second-order valence-corrected chi connectivity index (χ2v) is 8.97. The Bertz CT molecular complexity index is 1270. The quantitative estimate of drug-likeness (QED) is 0.293. The predicted octanol–water partition coefficient (Wildman–Crippen LogP) is 3.26. The van der Waals surface area contributed by atoms with Crippen molar-refractivity contribution in [3.05, 3.63) is 71.4 Å². The Labute approximate surface area is 207 Å². The van der Waals surface area contributed by atoms with Gasteiger partial charge in [0.05, 0.1) is 17.5 Å². The largest absolute Gasteiger partial charge is 0.489 e. The SMILES string of the molecule is Cc1cc(COc2ccc(C(=O)NC3(CC(=O)NO)CCN(C(=O)O)CC3)cc2)c2ccccc2n1. The van der Waals surface area contributed by atoms with E-state index in [1.807, 2.05) is 37.3 Å². The number of pyridine rings is 1. The molecule has 10 nitrogen and oxygen atoms in total. The number of amides is 3. The molecule has 4 rings (SSSR count). The Kier molecular flexibility index (Phi) is 7.35. The predicted molar refractivity (Wildman–Crippen MR) is 131 cm³/mol. The maximum atomic E-state index is 13.0. The second kappa shape index (κ2) is 10.6. The summed E-state index contributed by atoms with van der Waals surface area (Å²) >= 11 is 0. The maximum absolute atomic E-state index is 13.0. The van der Waals surface area contributed by atoms with Crippen molar-refractivity contribution in [2.24, 2.45) is 0 Å². The van der Waals surface area contributed by atoms with Crippen molar-refractivity contribution < 1.29 is 29.4 Å². The number of likely N-dealkylation sites (tertiary alicyclic amines) is 1. The van der Waals surface area contributed by atoms with E-state index in [9.17, 15) is 19.5 Å². The lowest BCUT2D eigenvalue weighted by Gasteiger charge is -2.41. The third-order valence-electron chi connectivity index (χ3n) is 6.43. The van der Waals surface area contributed by atoms with Gasteiger partial charge in [-0.15, -0.1) is 0 Å². The summed E-state index contributed by atoms with van der Waals surface area (Å²) in [6.07, 6.45) is -0.715. The third-order valence-corrected chi connectivity index (χ3v) is 6.43. The number of fused-ring (bicyclic) bond motifs is 1. The number of hydroxylamine groups is 1. The van der Waals surface area contributed by atoms with Gasteiger partial charge in [0.2, 0.25) is 5.91 Å². The van der Waals surface area contributed by atoms with E-state index in [0.29, 0.717) is 17.9 Å². The molecule has 0 atom stereocenters. The summed E-state index contributed by atoms with van der Waals surface area (Å²) < 4.78 is 5.96. The average molecular weight is 493 g/mol. The molecule has 3 amide bonds. The van der Waals surface area contributed by atoms with Gasteiger partial charge in [0.15, 0.2) is 0 Å². The van der Waals surface area contributed by atoms with E-state index >= 15 is 0 Å². The number of benzene rings is 2. The molecule has 0 radical (unpaired) electrons. The van der Waals surface area contributed by atoms with Gasteiger partial charge in [0.1, 0.15) is 12.4 Å². The van der Waals surface area contributed by atoms with Crippen LogP contribution in [0.15, 0.2) is 54.6 Å². The molecule has 2 heterocycles. The van der Waals surface area contributed by atoms with Crippen molar-refractivity contribution in [3.63, 3.8) is 0 Å². The Morgan fingerprint density at radius 3 is 2.44 bits per heavy atom. The van der Waals surface area contributed by atoms with Crippen LogP contribution < -0.4 is 15.5 Å². The number of carboxylic acid groups (broad SMARTS) is 1. The summed E-state index contributed by atoms with van der Waals surface area (Å²) in [5.41, 5.74) is 3.81. The Morgan fingerprint density at radius 1 is 1.08 bits per heavy atom. The number of hydrogen-bond acceptors (Lipinski definition) is 6. The lowest BCUT2D eigenvalue weighted by Crippen LogP contribution is -2.57. The van der Waals surface area contributed by atoms with E-state index in [4.69, 9.17) is 9.94 Å². The van der Waals surface area contributed by atoms with Gasteiger partial charge in [-0.25, -0.2) is 10.3 Å². The number of carbonyl (C=O) groups excluding carboxylic acids is 2. The first kappa shape index (κ1) is 24.9. The van der Waals surface area contributed by atoms with Gasteiger partial charge in [-0.3, -0.25) is 19.8 Å². The molecule has 1 aromatic heterocycles. The van der Waals surface area contributed by atoms with E-state index in [-0.39, 0.29) is 32.4 Å². The zero-order valence-corrected chi connectivity index (χ0v) is 19.9. The number of para-hydroxylation sites is 1. The van der Waals surface area contributed by atoms with E-state index in [2.05, 4.69) is 10.3 Å². The molecular weight excluding hydrogens is 464 g/mol. The van der Waals surface area contributed by atoms with Gasteiger partial charge in [-0.1, -0.05) is 18.2 Å². The number of nitrogens with zero attached hydrogens (tertiary/aromatic N) is 2. The molecule has 10 heteroatoms. The molecule has 1 aliphatic rings. The molecule has 0 spiro atoms. The van der Waals surface area contributed by atoms with Gasteiger partial charge in [0.25, 0.3) is 5.91 Å². The lowest BCUT2D eigenvalue weighted by atomic mass is 9.83. The molecular formula is C26H28N4O6. The van der Waals surface area contributed by atoms with E-state index in [1.54, 1.807) is 29.7 Å². The second-order valence-electron chi connectivity index (χ2n) is 8.97. The monoisotopic (exact) mass is 492 g/mol. The van der Waals surface area contributed by atoms with E-state index in [1.165, 1.54) is 4.90 Å². The summed E-state index contributed by atoms with van der Waals surface area (Å²) in [7, 11) is 0. The van der Waals surface area contributed by atoms with Crippen LogP contribution >= 0.6 is 0 Å². The number of aromatic nitrogens is 1. The van der Waals surface area contributed by atoms with Gasteiger partial charge < -0.3 is 20.1 Å². The first-order valence-electron chi connectivity index (χ1n) is 11.6. The highest BCUT2D eigenvalue weighted by atomic mass is 16.5. The Balaban J connectivity index is 1.43. The molecule has 188 valence electrons. The number of rotatable bonds is 7. The van der Waals surface area contributed by atoms with Crippen LogP contribution in [0.2, 0.25) is 0 Å². The molecule has 36 heavy (non-hydrogen) atoms. The zero-order chi connectivity index (χ0) is 25.7. The smallest absolute Gasteiger partial charge is 0.407 e. The van der Waals surface area contributed by atoms with Crippen molar-refractivity contribution in [3.8, 4) is 5.75 Å². The van der Waals surface area contributed by atoms with Crippen molar-refractivity contribution in [1.82, 2.24) is 20.7 Å². The molecule has 0 bridgehead atoms. The molecule has 1 aliphatic heterocycles. The number of aryl methyl sites for hydroxylation is 1. The molecule has 0 aliphatic carbocycles. The Morgan fingerprint density at radius 2 is 1.78 bits per heavy atom. The molecule has 0 unspecified atom stereocenters. The van der Waals surface area contributed by atoms with Crippen LogP contribution in [0.3, 0.4) is 0 Å². The Hall–Kier alpha value is -4.18. The molecule has 1 saturated heterocycles. The van der Waals surface area contributed by atoms with Crippen LogP contribution in [-0.2, 0) is 11.4 Å². The first-order valence-corrected chi connectivity index (χ1v) is 11.6. The summed E-state index contributed by atoms with van der Waals surface area (Å²) in [5.74, 6) is -0.456. The van der Waals surface area contributed by atoms with Crippen molar-refractivity contribution in [2.75, 3.05) is 13.1 Å². The van der Waals surface area contributed by atoms with E-state index in [0.717, 1.165) is 22.2 Å². The minimum atomic E-state index is -1.05. The normalized spacial score (nSPS) is 14.8. The fraction of sp³-hybridized carbons (Fsp3) is 0.308. The highest BCUT2D eigenvalue weighted by molar-refractivity contribution is 5.95. The number of carbonyl (C=O) groups is 3. The fourth-order valence-electron chi connectivity index (χ4n) is 4.51. The van der Waals surface area contributed by atoms with Gasteiger partial charge in [0, 0.05) is 35.3 Å². The van der Waals surface area contributed by atoms with Gasteiger partial charge >= 0.3 is 6.09 Å². The van der Waals surface area contributed by atoms with E-state index < -0.39 is 23.4 Å². The molecule has 4 N–H and O–H groups in total. The summed E-state index contributed by atoms with van der Waals surface area (Å²) in [4.78, 5) is 41.9.